The molecule has 1 aliphatic carbocycles. The normalized spacial score (nSPS) is 25.5. The fourth-order valence-corrected chi connectivity index (χ4v) is 4.56. The number of thiazole rings is 1. The van der Waals surface area contributed by atoms with E-state index < -0.39 is 0 Å². The van der Waals surface area contributed by atoms with E-state index in [9.17, 15) is 4.79 Å². The molecule has 5 nitrogen and oxygen atoms in total. The summed E-state index contributed by atoms with van der Waals surface area (Å²) >= 11 is 7.39. The average Bonchev–Trinajstić information content (AvgIpc) is 3.03. The number of amides is 1. The summed E-state index contributed by atoms with van der Waals surface area (Å²) in [6.07, 6.45) is 1.19. The van der Waals surface area contributed by atoms with Gasteiger partial charge in [0.05, 0.1) is 4.88 Å². The van der Waals surface area contributed by atoms with E-state index in [0.717, 1.165) is 17.0 Å². The average molecular weight is 349 g/mol. The van der Waals surface area contributed by atoms with Gasteiger partial charge in [0.2, 0.25) is 0 Å². The Labute approximate surface area is 143 Å². The number of nitrogens with zero attached hydrogens (tertiary/aromatic N) is 2. The van der Waals surface area contributed by atoms with Crippen molar-refractivity contribution in [1.29, 1.82) is 0 Å². The minimum Gasteiger partial charge on any atom is -0.375 e. The van der Waals surface area contributed by atoms with Crippen molar-refractivity contribution in [3.05, 3.63) is 35.0 Å². The Morgan fingerprint density at radius 3 is 3.04 bits per heavy atom. The Balaban J connectivity index is 1.70. The third kappa shape index (κ3) is 2.51. The molecule has 23 heavy (non-hydrogen) atoms. The van der Waals surface area contributed by atoms with Crippen molar-refractivity contribution < 1.29 is 4.79 Å². The predicted octanol–water partition coefficient (Wildman–Crippen LogP) is 2.46. The van der Waals surface area contributed by atoms with Gasteiger partial charge in [0.15, 0.2) is 5.13 Å². The molecule has 1 aliphatic heterocycles. The molecule has 3 atom stereocenters. The number of anilines is 1. The zero-order valence-corrected chi connectivity index (χ0v) is 14.0. The van der Waals surface area contributed by atoms with Crippen LogP contribution in [0.3, 0.4) is 0 Å². The Bertz CT molecular complexity index is 777. The van der Waals surface area contributed by atoms with Gasteiger partial charge in [0.1, 0.15) is 5.69 Å². The van der Waals surface area contributed by atoms with Crippen LogP contribution in [0.25, 0.3) is 10.4 Å². The van der Waals surface area contributed by atoms with Crippen molar-refractivity contribution in [3.63, 3.8) is 0 Å². The summed E-state index contributed by atoms with van der Waals surface area (Å²) in [7, 11) is 0. The van der Waals surface area contributed by atoms with Crippen molar-refractivity contribution in [2.75, 3.05) is 18.8 Å². The molecule has 2 heterocycles. The fraction of sp³-hybridized carbons (Fsp3) is 0.375. The topological polar surface area (TPSA) is 85.2 Å². The molecule has 1 aromatic heterocycles. The van der Waals surface area contributed by atoms with Crippen LogP contribution in [0.1, 0.15) is 16.9 Å². The van der Waals surface area contributed by atoms with Crippen LogP contribution >= 0.6 is 22.9 Å². The van der Waals surface area contributed by atoms with Gasteiger partial charge in [-0.3, -0.25) is 4.79 Å². The maximum atomic E-state index is 13.0. The third-order valence-electron chi connectivity index (χ3n) is 4.74. The number of carbonyl (C=O) groups excluding carboxylic acids is 1. The first-order valence-electron chi connectivity index (χ1n) is 7.61. The molecule has 4 N–H and O–H groups in total. The highest BCUT2D eigenvalue weighted by Crippen LogP contribution is 2.50. The summed E-state index contributed by atoms with van der Waals surface area (Å²) in [5.74, 6) is 1.10. The van der Waals surface area contributed by atoms with Gasteiger partial charge < -0.3 is 16.4 Å². The number of nitrogens with two attached hydrogens (primary N) is 2. The van der Waals surface area contributed by atoms with Crippen molar-refractivity contribution in [2.24, 2.45) is 17.6 Å². The minimum absolute atomic E-state index is 0.0735. The summed E-state index contributed by atoms with van der Waals surface area (Å²) in [5.41, 5.74) is 13.0. The highest BCUT2D eigenvalue weighted by Gasteiger charge is 2.53. The minimum atomic E-state index is -0.0735. The fourth-order valence-electron chi connectivity index (χ4n) is 3.55. The first-order valence-corrected chi connectivity index (χ1v) is 8.81. The number of benzene rings is 1. The lowest BCUT2D eigenvalue weighted by Gasteiger charge is -2.26. The molecule has 0 radical (unpaired) electrons. The van der Waals surface area contributed by atoms with Crippen LogP contribution in [-0.4, -0.2) is 34.9 Å². The second-order valence-electron chi connectivity index (χ2n) is 6.16. The third-order valence-corrected chi connectivity index (χ3v) is 5.91. The van der Waals surface area contributed by atoms with E-state index in [1.165, 1.54) is 17.8 Å². The molecule has 2 aliphatic rings. The van der Waals surface area contributed by atoms with Gasteiger partial charge in [-0.15, -0.1) is 0 Å². The number of fused-ring (bicyclic) bond motifs is 1. The van der Waals surface area contributed by atoms with Crippen molar-refractivity contribution in [1.82, 2.24) is 9.88 Å². The number of carbonyl (C=O) groups is 1. The van der Waals surface area contributed by atoms with E-state index in [0.29, 0.717) is 34.2 Å². The molecule has 1 saturated carbocycles. The van der Waals surface area contributed by atoms with Crippen LogP contribution < -0.4 is 11.5 Å². The molecule has 0 bridgehead atoms. The van der Waals surface area contributed by atoms with Gasteiger partial charge in [0.25, 0.3) is 5.91 Å². The van der Waals surface area contributed by atoms with Crippen LogP contribution in [0.2, 0.25) is 5.02 Å². The van der Waals surface area contributed by atoms with E-state index in [2.05, 4.69) is 4.98 Å². The van der Waals surface area contributed by atoms with Crippen LogP contribution in [-0.2, 0) is 0 Å². The Morgan fingerprint density at radius 2 is 2.30 bits per heavy atom. The predicted molar refractivity (Wildman–Crippen MR) is 92.4 cm³/mol. The zero-order chi connectivity index (χ0) is 16.1. The number of halogens is 1. The van der Waals surface area contributed by atoms with Gasteiger partial charge >= 0.3 is 0 Å². The number of aromatic nitrogens is 1. The molecule has 0 unspecified atom stereocenters. The number of likely N-dealkylation sites (tertiary alicyclic amines) is 1. The second-order valence-corrected chi connectivity index (χ2v) is 7.63. The van der Waals surface area contributed by atoms with Gasteiger partial charge in [-0.1, -0.05) is 35.1 Å². The smallest absolute Gasteiger partial charge is 0.274 e. The molecule has 2 fully saturated rings. The van der Waals surface area contributed by atoms with Gasteiger partial charge in [0, 0.05) is 24.2 Å². The number of hydrogen-bond acceptors (Lipinski definition) is 5. The molecule has 7 heteroatoms. The summed E-state index contributed by atoms with van der Waals surface area (Å²) < 4.78 is 0. The number of nitrogen functional groups attached to an aromatic ring is 1. The van der Waals surface area contributed by atoms with E-state index in [1.807, 2.05) is 23.1 Å². The van der Waals surface area contributed by atoms with E-state index in [4.69, 9.17) is 23.1 Å². The van der Waals surface area contributed by atoms with E-state index in [1.54, 1.807) is 6.07 Å². The van der Waals surface area contributed by atoms with Gasteiger partial charge in [-0.25, -0.2) is 4.98 Å². The number of rotatable bonds is 3. The van der Waals surface area contributed by atoms with E-state index >= 15 is 0 Å². The van der Waals surface area contributed by atoms with Gasteiger partial charge in [-0.2, -0.15) is 0 Å². The van der Waals surface area contributed by atoms with E-state index in [-0.39, 0.29) is 11.9 Å². The monoisotopic (exact) mass is 348 g/mol. The maximum absolute atomic E-state index is 13.0. The van der Waals surface area contributed by atoms with Crippen molar-refractivity contribution in [3.8, 4) is 10.4 Å². The quantitative estimate of drug-likeness (QED) is 0.892. The molecule has 0 spiro atoms. The van der Waals surface area contributed by atoms with Gasteiger partial charge in [-0.05, 0) is 36.0 Å². The molecule has 1 saturated heterocycles. The Hall–Kier alpha value is -1.63. The molecular weight excluding hydrogens is 332 g/mol. The van der Waals surface area contributed by atoms with Crippen LogP contribution in [0.5, 0.6) is 0 Å². The Kier molecular flexibility index (Phi) is 3.55. The molecule has 1 aromatic carbocycles. The van der Waals surface area contributed by atoms with Crippen LogP contribution in [0, 0.1) is 11.8 Å². The molecule has 4 rings (SSSR count). The molecule has 1 amide bonds. The molecule has 120 valence electrons. The maximum Gasteiger partial charge on any atom is 0.274 e. The summed E-state index contributed by atoms with van der Waals surface area (Å²) in [6, 6.07) is 7.53. The number of hydrogen-bond donors (Lipinski definition) is 2. The largest absolute Gasteiger partial charge is 0.375 e. The summed E-state index contributed by atoms with van der Waals surface area (Å²) in [4.78, 5) is 19.9. The molecular formula is C16H17ClN4OS. The van der Waals surface area contributed by atoms with Crippen molar-refractivity contribution in [2.45, 2.75) is 12.5 Å². The zero-order valence-electron chi connectivity index (χ0n) is 12.4. The lowest BCUT2D eigenvalue weighted by atomic mass is 10.1. The molecule has 2 aromatic rings. The lowest BCUT2D eigenvalue weighted by molar-refractivity contribution is 0.0708. The second kappa shape index (κ2) is 5.47. The first kappa shape index (κ1) is 14.9. The SMILES string of the molecule is NC[C@@H]1[C@@H]2C[C@@H]2CN1C(=O)c1nc(N)sc1-c1cccc(Cl)c1. The lowest BCUT2D eigenvalue weighted by Crippen LogP contribution is -2.43. The summed E-state index contributed by atoms with van der Waals surface area (Å²) in [5, 5.41) is 1.01. The highest BCUT2D eigenvalue weighted by atomic mass is 35.5. The number of piperidine rings is 1. The Morgan fingerprint density at radius 1 is 1.48 bits per heavy atom. The highest BCUT2D eigenvalue weighted by molar-refractivity contribution is 7.19. The summed E-state index contributed by atoms with van der Waals surface area (Å²) in [6.45, 7) is 1.27. The van der Waals surface area contributed by atoms with Crippen molar-refractivity contribution >= 4 is 34.0 Å². The van der Waals surface area contributed by atoms with Crippen LogP contribution in [0.4, 0.5) is 5.13 Å². The first-order chi connectivity index (χ1) is 11.1. The van der Waals surface area contributed by atoms with Crippen LogP contribution in [0.15, 0.2) is 24.3 Å². The standard InChI is InChI=1S/C16H17ClN4OS/c17-10-3-1-2-8(4-10)14-13(20-16(19)23-14)15(22)21-7-9-5-11(9)12(21)6-18/h1-4,9,11-12H,5-7,18H2,(H2,19,20)/t9-,11-,12-/m1/s1.